The topological polar surface area (TPSA) is 28.1 Å². The molecule has 0 spiro atoms. The molecular formula is C19H18N2. The molecule has 0 fully saturated rings. The van der Waals surface area contributed by atoms with Gasteiger partial charge in [0.25, 0.3) is 0 Å². The van der Waals surface area contributed by atoms with Crippen molar-refractivity contribution in [3.05, 3.63) is 65.4 Å². The number of para-hydroxylation sites is 1. The van der Waals surface area contributed by atoms with Gasteiger partial charge in [0.15, 0.2) is 0 Å². The average molecular weight is 274 g/mol. The number of aliphatic imine (C=N–C) groups is 1. The predicted molar refractivity (Wildman–Crippen MR) is 88.6 cm³/mol. The van der Waals surface area contributed by atoms with E-state index in [1.807, 2.05) is 42.7 Å². The number of H-pyrrole nitrogens is 1. The zero-order valence-corrected chi connectivity index (χ0v) is 12.0. The molecule has 0 unspecified atom stereocenters. The van der Waals surface area contributed by atoms with Crippen LogP contribution < -0.4 is 0 Å². The number of rotatable bonds is 2. The van der Waals surface area contributed by atoms with Gasteiger partial charge in [0.1, 0.15) is 0 Å². The van der Waals surface area contributed by atoms with E-state index in [4.69, 9.17) is 0 Å². The van der Waals surface area contributed by atoms with Crippen molar-refractivity contribution in [2.45, 2.75) is 25.7 Å². The van der Waals surface area contributed by atoms with Crippen molar-refractivity contribution < 1.29 is 0 Å². The Bertz CT molecular complexity index is 797. The largest absolute Gasteiger partial charge is 0.361 e. The number of hydrogen-bond donors (Lipinski definition) is 1. The van der Waals surface area contributed by atoms with Crippen molar-refractivity contribution in [1.29, 1.82) is 0 Å². The first-order chi connectivity index (χ1) is 10.4. The molecule has 1 N–H and O–H groups in total. The molecular weight excluding hydrogens is 256 g/mol. The molecule has 0 amide bonds. The molecule has 0 bridgehead atoms. The first kappa shape index (κ1) is 12.4. The van der Waals surface area contributed by atoms with Gasteiger partial charge in [0.05, 0.1) is 11.2 Å². The maximum Gasteiger partial charge on any atom is 0.0629 e. The molecule has 0 atom stereocenters. The summed E-state index contributed by atoms with van der Waals surface area (Å²) in [6.07, 6.45) is 9.01. The fraction of sp³-hybridized carbons (Fsp3) is 0.211. The first-order valence-corrected chi connectivity index (χ1v) is 7.63. The fourth-order valence-electron chi connectivity index (χ4n) is 3.26. The van der Waals surface area contributed by atoms with Crippen LogP contribution >= 0.6 is 0 Å². The molecule has 4 rings (SSSR count). The van der Waals surface area contributed by atoms with Crippen LogP contribution in [-0.2, 0) is 12.8 Å². The van der Waals surface area contributed by atoms with Crippen molar-refractivity contribution in [2.24, 2.45) is 4.99 Å². The molecule has 0 radical (unpaired) electrons. The van der Waals surface area contributed by atoms with Gasteiger partial charge < -0.3 is 4.98 Å². The molecule has 0 saturated carbocycles. The van der Waals surface area contributed by atoms with Crippen molar-refractivity contribution in [3.8, 4) is 0 Å². The van der Waals surface area contributed by atoms with Gasteiger partial charge >= 0.3 is 0 Å². The number of fused-ring (bicyclic) bond motifs is 2. The average Bonchev–Trinajstić information content (AvgIpc) is 3.00. The lowest BCUT2D eigenvalue weighted by Crippen LogP contribution is -2.06. The molecule has 2 nitrogen and oxygen atoms in total. The monoisotopic (exact) mass is 274 g/mol. The number of benzene rings is 2. The van der Waals surface area contributed by atoms with E-state index in [1.54, 1.807) is 0 Å². The fourth-order valence-corrected chi connectivity index (χ4v) is 3.26. The van der Waals surface area contributed by atoms with E-state index < -0.39 is 0 Å². The third kappa shape index (κ3) is 2.27. The van der Waals surface area contributed by atoms with Crippen LogP contribution in [0.1, 0.15) is 29.5 Å². The van der Waals surface area contributed by atoms with Crippen molar-refractivity contribution >= 4 is 22.8 Å². The number of aromatic nitrogens is 1. The molecule has 104 valence electrons. The van der Waals surface area contributed by atoms with Gasteiger partial charge in [-0.15, -0.1) is 0 Å². The van der Waals surface area contributed by atoms with Crippen LogP contribution in [0.4, 0.5) is 5.69 Å². The van der Waals surface area contributed by atoms with E-state index in [0.29, 0.717) is 0 Å². The summed E-state index contributed by atoms with van der Waals surface area (Å²) >= 11 is 0. The van der Waals surface area contributed by atoms with Crippen LogP contribution in [0, 0.1) is 0 Å². The lowest BCUT2D eigenvalue weighted by molar-refractivity contribution is 0.686. The maximum absolute atomic E-state index is 4.67. The van der Waals surface area contributed by atoms with E-state index in [-0.39, 0.29) is 0 Å². The van der Waals surface area contributed by atoms with Gasteiger partial charge in [0, 0.05) is 23.4 Å². The molecule has 21 heavy (non-hydrogen) atoms. The summed E-state index contributed by atoms with van der Waals surface area (Å²) in [5.41, 5.74) is 6.48. The van der Waals surface area contributed by atoms with Gasteiger partial charge in [-0.2, -0.15) is 0 Å². The third-order valence-corrected chi connectivity index (χ3v) is 4.31. The molecule has 1 aliphatic rings. The van der Waals surface area contributed by atoms with Crippen LogP contribution in [0.25, 0.3) is 10.9 Å². The minimum Gasteiger partial charge on any atom is -0.361 e. The summed E-state index contributed by atoms with van der Waals surface area (Å²) < 4.78 is 0. The number of hydrogen-bond acceptors (Lipinski definition) is 1. The molecule has 1 heterocycles. The Balaban J connectivity index is 1.86. The lowest BCUT2D eigenvalue weighted by Gasteiger charge is -2.18. The summed E-state index contributed by atoms with van der Waals surface area (Å²) in [6.45, 7) is 0. The second-order valence-corrected chi connectivity index (χ2v) is 5.67. The molecule has 2 aromatic carbocycles. The highest BCUT2D eigenvalue weighted by Gasteiger charge is 2.16. The standard InChI is InChI=1S/C19H18N2/c1-2-7-16(8-3-1)21-13-18-17-9-5-4-6-14(17)12-15-10-11-20-19(15)18/h1-3,7-8,10-13,20H,4-6,9H2. The van der Waals surface area contributed by atoms with Gasteiger partial charge in [-0.1, -0.05) is 18.2 Å². The molecule has 0 aliphatic heterocycles. The van der Waals surface area contributed by atoms with Crippen molar-refractivity contribution in [1.82, 2.24) is 4.98 Å². The van der Waals surface area contributed by atoms with Gasteiger partial charge in [-0.05, 0) is 61.1 Å². The Morgan fingerprint density at radius 3 is 2.76 bits per heavy atom. The predicted octanol–water partition coefficient (Wildman–Crippen LogP) is 4.80. The first-order valence-electron chi connectivity index (χ1n) is 7.63. The normalized spacial score (nSPS) is 14.7. The number of nitrogens with zero attached hydrogens (tertiary/aromatic N) is 1. The zero-order chi connectivity index (χ0) is 14.1. The van der Waals surface area contributed by atoms with Gasteiger partial charge in [-0.3, -0.25) is 4.99 Å². The smallest absolute Gasteiger partial charge is 0.0629 e. The summed E-state index contributed by atoms with van der Waals surface area (Å²) in [4.78, 5) is 8.05. The highest BCUT2D eigenvalue weighted by atomic mass is 14.7. The molecule has 0 saturated heterocycles. The van der Waals surface area contributed by atoms with E-state index in [2.05, 4.69) is 22.1 Å². The lowest BCUT2D eigenvalue weighted by atomic mass is 9.87. The number of aromatic amines is 1. The highest BCUT2D eigenvalue weighted by molar-refractivity contribution is 6.01. The Hall–Kier alpha value is -2.35. The Morgan fingerprint density at radius 1 is 1.00 bits per heavy atom. The zero-order valence-electron chi connectivity index (χ0n) is 12.0. The Kier molecular flexibility index (Phi) is 3.07. The minimum atomic E-state index is 1.01. The maximum atomic E-state index is 4.67. The molecule has 1 aromatic heterocycles. The summed E-state index contributed by atoms with van der Waals surface area (Å²) in [5, 5.41) is 1.30. The molecule has 1 aliphatic carbocycles. The second-order valence-electron chi connectivity index (χ2n) is 5.67. The Labute approximate surface area is 124 Å². The minimum absolute atomic E-state index is 1.01. The summed E-state index contributed by atoms with van der Waals surface area (Å²) in [7, 11) is 0. The van der Waals surface area contributed by atoms with Crippen molar-refractivity contribution in [3.63, 3.8) is 0 Å². The van der Waals surface area contributed by atoms with Gasteiger partial charge in [0.2, 0.25) is 0 Å². The van der Waals surface area contributed by atoms with E-state index in [9.17, 15) is 0 Å². The van der Waals surface area contributed by atoms with Crippen LogP contribution in [0.15, 0.2) is 53.7 Å². The highest BCUT2D eigenvalue weighted by Crippen LogP contribution is 2.30. The Morgan fingerprint density at radius 2 is 1.86 bits per heavy atom. The van der Waals surface area contributed by atoms with Crippen LogP contribution in [-0.4, -0.2) is 11.2 Å². The summed E-state index contributed by atoms with van der Waals surface area (Å²) in [6, 6.07) is 14.7. The molecule has 2 heteroatoms. The third-order valence-electron chi connectivity index (χ3n) is 4.31. The van der Waals surface area contributed by atoms with E-state index >= 15 is 0 Å². The summed E-state index contributed by atoms with van der Waals surface area (Å²) in [5.74, 6) is 0. The van der Waals surface area contributed by atoms with Crippen LogP contribution in [0.3, 0.4) is 0 Å². The second kappa shape index (κ2) is 5.21. The van der Waals surface area contributed by atoms with Crippen LogP contribution in [0.5, 0.6) is 0 Å². The molecule has 3 aromatic rings. The quantitative estimate of drug-likeness (QED) is 0.650. The van der Waals surface area contributed by atoms with E-state index in [1.165, 1.54) is 53.3 Å². The number of nitrogens with one attached hydrogen (secondary N) is 1. The van der Waals surface area contributed by atoms with E-state index in [0.717, 1.165) is 5.69 Å². The number of aryl methyl sites for hydroxylation is 1. The SMILES string of the molecule is C(=Nc1ccccc1)c1c2c(cc3cc[nH]c13)CCCC2. The van der Waals surface area contributed by atoms with Crippen molar-refractivity contribution in [2.75, 3.05) is 0 Å². The van der Waals surface area contributed by atoms with Gasteiger partial charge in [-0.25, -0.2) is 0 Å². The van der Waals surface area contributed by atoms with Crippen LogP contribution in [0.2, 0.25) is 0 Å².